The van der Waals surface area contributed by atoms with Crippen molar-refractivity contribution in [1.29, 1.82) is 0 Å². The summed E-state index contributed by atoms with van der Waals surface area (Å²) in [5.74, 6) is -1.31. The molecular formula is C21H19NO3. The molecule has 0 radical (unpaired) electrons. The van der Waals surface area contributed by atoms with Gasteiger partial charge >= 0.3 is 11.9 Å². The summed E-state index contributed by atoms with van der Waals surface area (Å²) >= 11 is 0. The van der Waals surface area contributed by atoms with Gasteiger partial charge in [0.05, 0.1) is 16.6 Å². The second-order valence-electron chi connectivity index (χ2n) is 5.85. The van der Waals surface area contributed by atoms with E-state index in [0.29, 0.717) is 22.0 Å². The van der Waals surface area contributed by atoms with Crippen LogP contribution in [0.3, 0.4) is 0 Å². The maximum atomic E-state index is 12.4. The average molecular weight is 333 g/mol. The number of benzene rings is 2. The van der Waals surface area contributed by atoms with Crippen molar-refractivity contribution in [3.63, 3.8) is 0 Å². The number of carbonyl (C=O) groups is 2. The third-order valence-corrected chi connectivity index (χ3v) is 4.06. The molecule has 1 aromatic heterocycles. The van der Waals surface area contributed by atoms with Crippen molar-refractivity contribution in [3.8, 4) is 0 Å². The van der Waals surface area contributed by atoms with E-state index >= 15 is 0 Å². The molecule has 1 heterocycles. The van der Waals surface area contributed by atoms with Crippen LogP contribution in [0, 0.1) is 0 Å². The zero-order valence-electron chi connectivity index (χ0n) is 14.1. The number of carbonyl (C=O) groups excluding carboxylic acids is 2. The molecule has 3 aromatic rings. The summed E-state index contributed by atoms with van der Waals surface area (Å²) in [6.45, 7) is 2.14. The predicted molar refractivity (Wildman–Crippen MR) is 96.5 cm³/mol. The molecule has 3 rings (SSSR count). The van der Waals surface area contributed by atoms with E-state index in [0.717, 1.165) is 19.3 Å². The Bertz CT molecular complexity index is 895. The van der Waals surface area contributed by atoms with E-state index in [2.05, 4.69) is 11.9 Å². The van der Waals surface area contributed by atoms with Crippen LogP contribution in [0.4, 0.5) is 0 Å². The van der Waals surface area contributed by atoms with Gasteiger partial charge in [-0.2, -0.15) is 0 Å². The molecule has 0 aliphatic heterocycles. The summed E-state index contributed by atoms with van der Waals surface area (Å²) < 4.78 is 5.05. The fourth-order valence-corrected chi connectivity index (χ4v) is 2.66. The number of aryl methyl sites for hydroxylation is 1. The first-order valence-electron chi connectivity index (χ1n) is 8.38. The van der Waals surface area contributed by atoms with Crippen molar-refractivity contribution in [1.82, 2.24) is 4.98 Å². The zero-order chi connectivity index (χ0) is 17.6. The van der Waals surface area contributed by atoms with Crippen molar-refractivity contribution in [2.75, 3.05) is 0 Å². The van der Waals surface area contributed by atoms with Gasteiger partial charge in [0.15, 0.2) is 0 Å². The van der Waals surface area contributed by atoms with E-state index in [1.54, 1.807) is 24.3 Å². The predicted octanol–water partition coefficient (Wildman–Crippen LogP) is 4.57. The Morgan fingerprint density at radius 2 is 1.72 bits per heavy atom. The van der Waals surface area contributed by atoms with Crippen molar-refractivity contribution < 1.29 is 14.3 Å². The van der Waals surface area contributed by atoms with Gasteiger partial charge in [-0.25, -0.2) is 9.59 Å². The summed E-state index contributed by atoms with van der Waals surface area (Å²) in [6.07, 6.45) is 4.75. The van der Waals surface area contributed by atoms with Crippen molar-refractivity contribution in [2.24, 2.45) is 0 Å². The molecule has 0 unspecified atom stereocenters. The smallest absolute Gasteiger partial charge is 0.346 e. The summed E-state index contributed by atoms with van der Waals surface area (Å²) in [7, 11) is 0. The van der Waals surface area contributed by atoms with Crippen molar-refractivity contribution >= 4 is 22.8 Å². The molecule has 0 amide bonds. The molecule has 0 atom stereocenters. The van der Waals surface area contributed by atoms with Gasteiger partial charge in [0.1, 0.15) is 0 Å². The van der Waals surface area contributed by atoms with Crippen LogP contribution < -0.4 is 0 Å². The number of para-hydroxylation sites is 1. The lowest BCUT2D eigenvalue weighted by molar-refractivity contribution is 0.0399. The standard InChI is InChI=1S/C21H19NO3/c1-2-3-6-15-9-11-16(12-10-15)20(23)25-21(24)18-13-14-22-19-8-5-4-7-17(18)19/h4-5,7-14H,2-3,6H2,1H3. The Balaban J connectivity index is 1.75. The second kappa shape index (κ2) is 7.71. The molecule has 4 nitrogen and oxygen atoms in total. The third kappa shape index (κ3) is 3.91. The van der Waals surface area contributed by atoms with Crippen molar-refractivity contribution in [2.45, 2.75) is 26.2 Å². The first-order valence-corrected chi connectivity index (χ1v) is 8.38. The van der Waals surface area contributed by atoms with Crippen LogP contribution in [-0.2, 0) is 11.2 Å². The number of esters is 2. The van der Waals surface area contributed by atoms with Gasteiger partial charge in [0.25, 0.3) is 0 Å². The van der Waals surface area contributed by atoms with E-state index in [-0.39, 0.29) is 0 Å². The minimum Gasteiger partial charge on any atom is -0.386 e. The molecule has 0 aliphatic carbocycles. The molecule has 126 valence electrons. The van der Waals surface area contributed by atoms with Gasteiger partial charge in [0, 0.05) is 11.6 Å². The number of hydrogen-bond donors (Lipinski definition) is 0. The van der Waals surface area contributed by atoms with Crippen LogP contribution in [0.25, 0.3) is 10.9 Å². The summed E-state index contributed by atoms with van der Waals surface area (Å²) in [6, 6.07) is 16.0. The molecule has 0 N–H and O–H groups in total. The highest BCUT2D eigenvalue weighted by molar-refractivity contribution is 6.08. The highest BCUT2D eigenvalue weighted by Gasteiger charge is 2.17. The highest BCUT2D eigenvalue weighted by Crippen LogP contribution is 2.18. The van der Waals surface area contributed by atoms with Gasteiger partial charge in [0.2, 0.25) is 0 Å². The lowest BCUT2D eigenvalue weighted by Gasteiger charge is -2.06. The third-order valence-electron chi connectivity index (χ3n) is 4.06. The molecule has 0 saturated heterocycles. The number of hydrogen-bond acceptors (Lipinski definition) is 4. The van der Waals surface area contributed by atoms with Gasteiger partial charge in [-0.15, -0.1) is 0 Å². The van der Waals surface area contributed by atoms with Crippen LogP contribution in [0.1, 0.15) is 46.0 Å². The Morgan fingerprint density at radius 3 is 2.48 bits per heavy atom. The summed E-state index contributed by atoms with van der Waals surface area (Å²) in [5.41, 5.74) is 2.56. The van der Waals surface area contributed by atoms with Gasteiger partial charge < -0.3 is 4.74 Å². The van der Waals surface area contributed by atoms with E-state index in [1.807, 2.05) is 30.3 Å². The fourth-order valence-electron chi connectivity index (χ4n) is 2.66. The largest absolute Gasteiger partial charge is 0.386 e. The number of pyridine rings is 1. The molecule has 2 aromatic carbocycles. The van der Waals surface area contributed by atoms with E-state index in [1.165, 1.54) is 11.8 Å². The number of unbranched alkanes of at least 4 members (excludes halogenated alkanes) is 1. The maximum absolute atomic E-state index is 12.4. The number of fused-ring (bicyclic) bond motifs is 1. The lowest BCUT2D eigenvalue weighted by Crippen LogP contribution is -2.13. The molecule has 0 fully saturated rings. The molecule has 0 saturated carbocycles. The Labute approximate surface area is 146 Å². The minimum atomic E-state index is -0.668. The summed E-state index contributed by atoms with van der Waals surface area (Å²) in [4.78, 5) is 28.8. The first-order chi connectivity index (χ1) is 12.2. The Hall–Kier alpha value is -3.01. The normalized spacial score (nSPS) is 10.6. The van der Waals surface area contributed by atoms with Crippen LogP contribution in [0.2, 0.25) is 0 Å². The van der Waals surface area contributed by atoms with Crippen LogP contribution >= 0.6 is 0 Å². The molecule has 0 bridgehead atoms. The summed E-state index contributed by atoms with van der Waals surface area (Å²) in [5, 5.41) is 0.665. The molecule has 0 spiro atoms. The molecule has 4 heteroatoms. The first kappa shape index (κ1) is 16.8. The van der Waals surface area contributed by atoms with Crippen LogP contribution in [0.15, 0.2) is 60.8 Å². The fraction of sp³-hybridized carbons (Fsp3) is 0.190. The Morgan fingerprint density at radius 1 is 0.960 bits per heavy atom. The number of ether oxygens (including phenoxy) is 1. The zero-order valence-corrected chi connectivity index (χ0v) is 14.1. The minimum absolute atomic E-state index is 0.332. The lowest BCUT2D eigenvalue weighted by atomic mass is 10.1. The van der Waals surface area contributed by atoms with Crippen LogP contribution in [-0.4, -0.2) is 16.9 Å². The van der Waals surface area contributed by atoms with Crippen molar-refractivity contribution in [3.05, 3.63) is 77.5 Å². The second-order valence-corrected chi connectivity index (χ2v) is 5.85. The number of aromatic nitrogens is 1. The van der Waals surface area contributed by atoms with E-state index < -0.39 is 11.9 Å². The van der Waals surface area contributed by atoms with Gasteiger partial charge in [-0.05, 0) is 42.7 Å². The number of nitrogens with zero attached hydrogens (tertiary/aromatic N) is 1. The van der Waals surface area contributed by atoms with Gasteiger partial charge in [-0.3, -0.25) is 4.98 Å². The monoisotopic (exact) mass is 333 g/mol. The SMILES string of the molecule is CCCCc1ccc(C(=O)OC(=O)c2ccnc3ccccc23)cc1. The maximum Gasteiger partial charge on any atom is 0.346 e. The van der Waals surface area contributed by atoms with Gasteiger partial charge in [-0.1, -0.05) is 43.7 Å². The average Bonchev–Trinajstić information content (AvgIpc) is 2.66. The molecule has 25 heavy (non-hydrogen) atoms. The molecular weight excluding hydrogens is 314 g/mol. The number of rotatable bonds is 5. The van der Waals surface area contributed by atoms with Crippen LogP contribution in [0.5, 0.6) is 0 Å². The Kier molecular flexibility index (Phi) is 5.19. The highest BCUT2D eigenvalue weighted by atomic mass is 16.6. The topological polar surface area (TPSA) is 56.3 Å². The van der Waals surface area contributed by atoms with E-state index in [4.69, 9.17) is 4.74 Å². The van der Waals surface area contributed by atoms with E-state index in [9.17, 15) is 9.59 Å². The molecule has 0 aliphatic rings. The quantitative estimate of drug-likeness (QED) is 0.507.